The number of carbonyl (C=O) groups is 2. The molecule has 0 saturated heterocycles. The van der Waals surface area contributed by atoms with E-state index < -0.39 is 5.91 Å². The molecule has 0 saturated carbocycles. The maximum absolute atomic E-state index is 12.4. The number of halogens is 1. The molecule has 3 N–H and O–H groups in total. The van der Waals surface area contributed by atoms with E-state index in [9.17, 15) is 9.59 Å². The van der Waals surface area contributed by atoms with Crippen molar-refractivity contribution in [3.05, 3.63) is 58.6 Å². The zero-order valence-electron chi connectivity index (χ0n) is 11.9. The van der Waals surface area contributed by atoms with Crippen LogP contribution in [-0.4, -0.2) is 17.6 Å². The second-order valence-corrected chi connectivity index (χ2v) is 6.09. The maximum atomic E-state index is 12.4. The summed E-state index contributed by atoms with van der Waals surface area (Å²) in [6, 6.07) is 12.4. The number of anilines is 1. The number of carbonyl (C=O) groups excluding carboxylic acids is 2. The number of hydrogen-bond donors (Lipinski definition) is 2. The molecule has 2 rings (SSSR count). The van der Waals surface area contributed by atoms with Gasteiger partial charge in [0.1, 0.15) is 0 Å². The number of amides is 2. The molecule has 0 aliphatic heterocycles. The first kappa shape index (κ1) is 16.4. The summed E-state index contributed by atoms with van der Waals surface area (Å²) >= 11 is 7.29. The van der Waals surface area contributed by atoms with Crippen molar-refractivity contribution in [1.29, 1.82) is 0 Å². The third-order valence-electron chi connectivity index (χ3n) is 2.93. The van der Waals surface area contributed by atoms with Gasteiger partial charge in [-0.15, -0.1) is 11.8 Å². The molecule has 0 heterocycles. The number of benzene rings is 2. The number of aryl methyl sites for hydroxylation is 1. The van der Waals surface area contributed by atoms with Gasteiger partial charge in [0.15, 0.2) is 0 Å². The van der Waals surface area contributed by atoms with E-state index in [4.69, 9.17) is 17.3 Å². The van der Waals surface area contributed by atoms with Crippen LogP contribution in [0, 0.1) is 6.92 Å². The van der Waals surface area contributed by atoms with E-state index in [1.165, 1.54) is 11.8 Å². The number of thioether (sulfide) groups is 1. The molecule has 0 atom stereocenters. The van der Waals surface area contributed by atoms with Crippen LogP contribution < -0.4 is 11.1 Å². The lowest BCUT2D eigenvalue weighted by Crippen LogP contribution is -2.15. The number of primary amides is 1. The van der Waals surface area contributed by atoms with Crippen molar-refractivity contribution in [2.24, 2.45) is 5.73 Å². The predicted octanol–water partition coefficient (Wildman–Crippen LogP) is 3.48. The lowest BCUT2D eigenvalue weighted by molar-refractivity contribution is -0.115. The molecule has 0 unspecified atom stereocenters. The first-order valence-electron chi connectivity index (χ1n) is 6.55. The van der Waals surface area contributed by atoms with Crippen molar-refractivity contribution in [3.8, 4) is 0 Å². The molecule has 22 heavy (non-hydrogen) atoms. The average molecular weight is 335 g/mol. The number of rotatable bonds is 5. The molecule has 0 aromatic heterocycles. The van der Waals surface area contributed by atoms with Gasteiger partial charge in [0.25, 0.3) is 5.91 Å². The highest BCUT2D eigenvalue weighted by Crippen LogP contribution is 2.24. The Morgan fingerprint density at radius 2 is 1.95 bits per heavy atom. The molecular weight excluding hydrogens is 320 g/mol. The second-order valence-electron chi connectivity index (χ2n) is 4.67. The van der Waals surface area contributed by atoms with E-state index in [1.54, 1.807) is 30.3 Å². The van der Waals surface area contributed by atoms with Crippen LogP contribution in [0.2, 0.25) is 5.02 Å². The van der Waals surface area contributed by atoms with Crippen molar-refractivity contribution >= 4 is 40.9 Å². The fourth-order valence-corrected chi connectivity index (χ4v) is 2.77. The van der Waals surface area contributed by atoms with Crippen molar-refractivity contribution in [2.45, 2.75) is 11.8 Å². The van der Waals surface area contributed by atoms with Gasteiger partial charge in [-0.05, 0) is 36.8 Å². The van der Waals surface area contributed by atoms with E-state index in [0.717, 1.165) is 5.56 Å². The Morgan fingerprint density at radius 3 is 2.64 bits per heavy atom. The molecule has 0 fully saturated rings. The predicted molar refractivity (Wildman–Crippen MR) is 90.5 cm³/mol. The third-order valence-corrected chi connectivity index (χ3v) is 4.43. The lowest BCUT2D eigenvalue weighted by Gasteiger charge is -2.10. The highest BCUT2D eigenvalue weighted by Gasteiger charge is 2.12. The van der Waals surface area contributed by atoms with E-state index in [1.807, 2.05) is 19.1 Å². The Hall–Kier alpha value is -1.98. The van der Waals surface area contributed by atoms with Crippen molar-refractivity contribution in [2.75, 3.05) is 11.1 Å². The monoisotopic (exact) mass is 334 g/mol. The number of nitrogens with two attached hydrogens (primary N) is 1. The summed E-state index contributed by atoms with van der Waals surface area (Å²) in [5.74, 6) is -0.557. The summed E-state index contributed by atoms with van der Waals surface area (Å²) in [5.41, 5.74) is 7.20. The topological polar surface area (TPSA) is 72.2 Å². The van der Waals surface area contributed by atoms with Gasteiger partial charge >= 0.3 is 0 Å². The minimum absolute atomic E-state index is 0.126. The van der Waals surface area contributed by atoms with E-state index in [-0.39, 0.29) is 11.7 Å². The van der Waals surface area contributed by atoms with Crippen LogP contribution in [0.15, 0.2) is 47.4 Å². The Balaban J connectivity index is 2.18. The van der Waals surface area contributed by atoms with Crippen LogP contribution >= 0.6 is 23.4 Å². The molecule has 0 radical (unpaired) electrons. The highest BCUT2D eigenvalue weighted by atomic mass is 35.5. The fourth-order valence-electron chi connectivity index (χ4n) is 1.80. The van der Waals surface area contributed by atoms with E-state index in [0.29, 0.717) is 21.2 Å². The average Bonchev–Trinajstić information content (AvgIpc) is 2.49. The Kier molecular flexibility index (Phi) is 5.46. The molecule has 114 valence electrons. The summed E-state index contributed by atoms with van der Waals surface area (Å²) in [6.07, 6.45) is 0. The molecule has 2 aromatic rings. The van der Waals surface area contributed by atoms with Crippen LogP contribution in [0.25, 0.3) is 0 Å². The van der Waals surface area contributed by atoms with Gasteiger partial charge in [-0.3, -0.25) is 9.59 Å². The van der Waals surface area contributed by atoms with Gasteiger partial charge in [0, 0.05) is 15.6 Å². The molecule has 0 aliphatic carbocycles. The normalized spacial score (nSPS) is 10.3. The van der Waals surface area contributed by atoms with Gasteiger partial charge in [-0.1, -0.05) is 29.8 Å². The SMILES string of the molecule is Cc1ccc(NC(=O)c2ccccc2SCC(N)=O)cc1Cl. The summed E-state index contributed by atoms with van der Waals surface area (Å²) in [5, 5.41) is 3.39. The summed E-state index contributed by atoms with van der Waals surface area (Å²) in [6.45, 7) is 1.89. The third kappa shape index (κ3) is 4.26. The largest absolute Gasteiger partial charge is 0.369 e. The molecular formula is C16H15ClN2O2S. The highest BCUT2D eigenvalue weighted by molar-refractivity contribution is 8.00. The second kappa shape index (κ2) is 7.33. The quantitative estimate of drug-likeness (QED) is 0.822. The molecule has 0 bridgehead atoms. The lowest BCUT2D eigenvalue weighted by atomic mass is 10.2. The standard InChI is InChI=1S/C16H15ClN2O2S/c1-10-6-7-11(8-13(10)17)19-16(21)12-4-2-3-5-14(12)22-9-15(18)20/h2-8H,9H2,1H3,(H2,18,20)(H,19,21). The smallest absolute Gasteiger partial charge is 0.256 e. The molecule has 2 aromatic carbocycles. The maximum Gasteiger partial charge on any atom is 0.256 e. The van der Waals surface area contributed by atoms with Crippen LogP contribution in [0.1, 0.15) is 15.9 Å². The zero-order valence-corrected chi connectivity index (χ0v) is 13.5. The minimum Gasteiger partial charge on any atom is -0.369 e. The summed E-state index contributed by atoms with van der Waals surface area (Å²) in [4.78, 5) is 24.0. The van der Waals surface area contributed by atoms with Crippen molar-refractivity contribution in [1.82, 2.24) is 0 Å². The van der Waals surface area contributed by atoms with Crippen LogP contribution in [0.5, 0.6) is 0 Å². The van der Waals surface area contributed by atoms with E-state index in [2.05, 4.69) is 5.32 Å². The van der Waals surface area contributed by atoms with Crippen LogP contribution in [0.4, 0.5) is 5.69 Å². The van der Waals surface area contributed by atoms with Crippen molar-refractivity contribution < 1.29 is 9.59 Å². The van der Waals surface area contributed by atoms with Gasteiger partial charge < -0.3 is 11.1 Å². The van der Waals surface area contributed by atoms with Crippen LogP contribution in [-0.2, 0) is 4.79 Å². The number of nitrogens with one attached hydrogen (secondary N) is 1. The molecule has 0 aliphatic rings. The summed E-state index contributed by atoms with van der Waals surface area (Å²) in [7, 11) is 0. The van der Waals surface area contributed by atoms with E-state index >= 15 is 0 Å². The van der Waals surface area contributed by atoms with Crippen LogP contribution in [0.3, 0.4) is 0 Å². The Labute approximate surface area is 138 Å². The zero-order chi connectivity index (χ0) is 16.1. The first-order valence-corrected chi connectivity index (χ1v) is 7.91. The van der Waals surface area contributed by atoms with Crippen molar-refractivity contribution in [3.63, 3.8) is 0 Å². The minimum atomic E-state index is -0.425. The van der Waals surface area contributed by atoms with Gasteiger partial charge in [0.2, 0.25) is 5.91 Å². The van der Waals surface area contributed by atoms with Gasteiger partial charge in [0.05, 0.1) is 11.3 Å². The molecule has 4 nitrogen and oxygen atoms in total. The number of hydrogen-bond acceptors (Lipinski definition) is 3. The molecule has 2 amide bonds. The Morgan fingerprint density at radius 1 is 1.23 bits per heavy atom. The molecule has 0 spiro atoms. The Bertz CT molecular complexity index is 719. The van der Waals surface area contributed by atoms with Gasteiger partial charge in [-0.2, -0.15) is 0 Å². The molecule has 6 heteroatoms. The fraction of sp³-hybridized carbons (Fsp3) is 0.125. The van der Waals surface area contributed by atoms with Gasteiger partial charge in [-0.25, -0.2) is 0 Å². The summed E-state index contributed by atoms with van der Waals surface area (Å²) < 4.78 is 0. The first-order chi connectivity index (χ1) is 10.5.